The Morgan fingerprint density at radius 3 is 2.58 bits per heavy atom. The summed E-state index contributed by atoms with van der Waals surface area (Å²) in [4.78, 5) is 11.8. The van der Waals surface area contributed by atoms with Crippen molar-refractivity contribution < 1.29 is 9.53 Å². The monoisotopic (exact) mass is 262 g/mol. The number of rotatable bonds is 4. The lowest BCUT2D eigenvalue weighted by molar-refractivity contribution is -0.124. The Balaban J connectivity index is 1.77. The minimum Gasteiger partial charge on any atom is -0.484 e. The van der Waals surface area contributed by atoms with Crippen LogP contribution in [0.4, 0.5) is 5.69 Å². The van der Waals surface area contributed by atoms with Gasteiger partial charge in [0.15, 0.2) is 6.61 Å². The molecule has 19 heavy (non-hydrogen) atoms. The Morgan fingerprint density at radius 1 is 1.32 bits per heavy atom. The second kappa shape index (κ2) is 5.95. The van der Waals surface area contributed by atoms with Gasteiger partial charge < -0.3 is 15.8 Å². The number of carbonyl (C=O) groups is 1. The summed E-state index contributed by atoms with van der Waals surface area (Å²) in [5.74, 6) is 1.84. The average molecular weight is 262 g/mol. The first-order chi connectivity index (χ1) is 9.06. The summed E-state index contributed by atoms with van der Waals surface area (Å²) >= 11 is 0. The first kappa shape index (κ1) is 13.7. The van der Waals surface area contributed by atoms with E-state index in [-0.39, 0.29) is 18.6 Å². The lowest BCUT2D eigenvalue weighted by Crippen LogP contribution is -2.39. The van der Waals surface area contributed by atoms with Gasteiger partial charge >= 0.3 is 0 Å². The number of nitrogen functional groups attached to an aromatic ring is 1. The molecule has 1 fully saturated rings. The molecule has 1 amide bonds. The summed E-state index contributed by atoms with van der Waals surface area (Å²) in [6.45, 7) is 4.49. The van der Waals surface area contributed by atoms with Crippen molar-refractivity contribution in [3.05, 3.63) is 24.3 Å². The third-order valence-electron chi connectivity index (χ3n) is 4.06. The summed E-state index contributed by atoms with van der Waals surface area (Å²) in [5, 5.41) is 3.05. The summed E-state index contributed by atoms with van der Waals surface area (Å²) in [7, 11) is 0. The van der Waals surface area contributed by atoms with Gasteiger partial charge in [0.1, 0.15) is 5.75 Å². The summed E-state index contributed by atoms with van der Waals surface area (Å²) in [6.07, 6.45) is 2.25. The minimum absolute atomic E-state index is 0.0530. The Hall–Kier alpha value is -1.71. The molecule has 3 unspecified atom stereocenters. The van der Waals surface area contributed by atoms with E-state index in [1.165, 1.54) is 6.42 Å². The maximum absolute atomic E-state index is 11.8. The van der Waals surface area contributed by atoms with Crippen LogP contribution in [-0.4, -0.2) is 18.6 Å². The van der Waals surface area contributed by atoms with Gasteiger partial charge in [-0.1, -0.05) is 13.8 Å². The third-order valence-corrected chi connectivity index (χ3v) is 4.06. The first-order valence-electron chi connectivity index (χ1n) is 6.84. The van der Waals surface area contributed by atoms with Crippen molar-refractivity contribution in [2.75, 3.05) is 12.3 Å². The number of nitrogens with one attached hydrogen (secondary N) is 1. The molecule has 1 aliphatic rings. The van der Waals surface area contributed by atoms with Crippen LogP contribution >= 0.6 is 0 Å². The Labute approximate surface area is 114 Å². The zero-order valence-electron chi connectivity index (χ0n) is 11.6. The van der Waals surface area contributed by atoms with E-state index in [2.05, 4.69) is 19.2 Å². The molecule has 0 radical (unpaired) electrons. The van der Waals surface area contributed by atoms with E-state index in [4.69, 9.17) is 10.5 Å². The van der Waals surface area contributed by atoms with Gasteiger partial charge in [-0.05, 0) is 48.9 Å². The molecule has 0 saturated heterocycles. The Kier molecular flexibility index (Phi) is 4.30. The molecule has 0 aromatic heterocycles. The first-order valence-corrected chi connectivity index (χ1v) is 6.84. The maximum atomic E-state index is 11.8. The summed E-state index contributed by atoms with van der Waals surface area (Å²) in [6, 6.07) is 7.34. The molecule has 4 heteroatoms. The average Bonchev–Trinajstić information content (AvgIpc) is 2.70. The van der Waals surface area contributed by atoms with Gasteiger partial charge in [-0.25, -0.2) is 0 Å². The molecule has 1 aliphatic carbocycles. The summed E-state index contributed by atoms with van der Waals surface area (Å²) < 4.78 is 5.43. The number of benzene rings is 1. The summed E-state index contributed by atoms with van der Waals surface area (Å²) in [5.41, 5.74) is 6.27. The van der Waals surface area contributed by atoms with Gasteiger partial charge in [-0.15, -0.1) is 0 Å². The number of hydrogen-bond donors (Lipinski definition) is 2. The van der Waals surface area contributed by atoms with Crippen molar-refractivity contribution in [2.24, 2.45) is 11.8 Å². The number of carbonyl (C=O) groups excluding carboxylic acids is 1. The molecule has 0 heterocycles. The van der Waals surface area contributed by atoms with Crippen LogP contribution in [0.15, 0.2) is 24.3 Å². The fourth-order valence-electron chi connectivity index (χ4n) is 2.53. The number of hydrogen-bond acceptors (Lipinski definition) is 3. The molecule has 0 spiro atoms. The van der Waals surface area contributed by atoms with Gasteiger partial charge in [0, 0.05) is 11.7 Å². The zero-order chi connectivity index (χ0) is 13.8. The molecule has 1 aromatic carbocycles. The lowest BCUT2D eigenvalue weighted by atomic mass is 9.98. The predicted molar refractivity (Wildman–Crippen MR) is 75.8 cm³/mol. The highest BCUT2D eigenvalue weighted by Crippen LogP contribution is 2.30. The molecule has 4 nitrogen and oxygen atoms in total. The van der Waals surface area contributed by atoms with Crippen molar-refractivity contribution in [1.29, 1.82) is 0 Å². The molecule has 3 N–H and O–H groups in total. The number of anilines is 1. The highest BCUT2D eigenvalue weighted by molar-refractivity contribution is 5.77. The third kappa shape index (κ3) is 3.63. The highest BCUT2D eigenvalue weighted by Gasteiger charge is 2.30. The SMILES string of the molecule is CC1CCC(NC(=O)COc2ccc(N)cc2)C1C. The Bertz CT molecular complexity index is 430. The maximum Gasteiger partial charge on any atom is 0.258 e. The largest absolute Gasteiger partial charge is 0.484 e. The fourth-order valence-corrected chi connectivity index (χ4v) is 2.53. The van der Waals surface area contributed by atoms with Crippen LogP contribution in [0.3, 0.4) is 0 Å². The molecule has 0 aliphatic heterocycles. The van der Waals surface area contributed by atoms with Crippen molar-refractivity contribution in [3.8, 4) is 5.75 Å². The number of amides is 1. The van der Waals surface area contributed by atoms with Crippen LogP contribution in [0.2, 0.25) is 0 Å². The van der Waals surface area contributed by atoms with Crippen molar-refractivity contribution >= 4 is 11.6 Å². The fraction of sp³-hybridized carbons (Fsp3) is 0.533. The molecule has 104 valence electrons. The van der Waals surface area contributed by atoms with Crippen molar-refractivity contribution in [1.82, 2.24) is 5.32 Å². The van der Waals surface area contributed by atoms with E-state index in [1.54, 1.807) is 24.3 Å². The molecule has 3 atom stereocenters. The van der Waals surface area contributed by atoms with Gasteiger partial charge in [0.2, 0.25) is 0 Å². The molecule has 0 bridgehead atoms. The molecular weight excluding hydrogens is 240 g/mol. The topological polar surface area (TPSA) is 64.3 Å². The van der Waals surface area contributed by atoms with Crippen molar-refractivity contribution in [2.45, 2.75) is 32.7 Å². The molecule has 1 saturated carbocycles. The van der Waals surface area contributed by atoms with E-state index >= 15 is 0 Å². The van der Waals surface area contributed by atoms with E-state index in [0.29, 0.717) is 23.3 Å². The van der Waals surface area contributed by atoms with E-state index < -0.39 is 0 Å². The molecule has 2 rings (SSSR count). The van der Waals surface area contributed by atoms with Gasteiger partial charge in [-0.2, -0.15) is 0 Å². The second-order valence-electron chi connectivity index (χ2n) is 5.45. The van der Waals surface area contributed by atoms with Gasteiger partial charge in [0.25, 0.3) is 5.91 Å². The van der Waals surface area contributed by atoms with Crippen LogP contribution in [0.1, 0.15) is 26.7 Å². The number of nitrogens with two attached hydrogens (primary N) is 1. The van der Waals surface area contributed by atoms with Crippen molar-refractivity contribution in [3.63, 3.8) is 0 Å². The minimum atomic E-state index is -0.0530. The van der Waals surface area contributed by atoms with E-state index in [9.17, 15) is 4.79 Å². The smallest absolute Gasteiger partial charge is 0.258 e. The van der Waals surface area contributed by atoms with Gasteiger partial charge in [0.05, 0.1) is 0 Å². The normalized spacial score (nSPS) is 26.1. The zero-order valence-corrected chi connectivity index (χ0v) is 11.6. The second-order valence-corrected chi connectivity index (χ2v) is 5.45. The van der Waals surface area contributed by atoms with E-state index in [1.807, 2.05) is 0 Å². The Morgan fingerprint density at radius 2 is 2.00 bits per heavy atom. The molecular formula is C15H22N2O2. The van der Waals surface area contributed by atoms with Crippen LogP contribution in [-0.2, 0) is 4.79 Å². The van der Waals surface area contributed by atoms with Crippen LogP contribution in [0.25, 0.3) is 0 Å². The lowest BCUT2D eigenvalue weighted by Gasteiger charge is -2.19. The highest BCUT2D eigenvalue weighted by atomic mass is 16.5. The van der Waals surface area contributed by atoms with Crippen LogP contribution in [0, 0.1) is 11.8 Å². The van der Waals surface area contributed by atoms with E-state index in [0.717, 1.165) is 6.42 Å². The number of ether oxygens (including phenoxy) is 1. The standard InChI is InChI=1S/C15H22N2O2/c1-10-3-8-14(11(10)2)17-15(18)9-19-13-6-4-12(16)5-7-13/h4-7,10-11,14H,3,8-9,16H2,1-2H3,(H,17,18). The molecule has 1 aromatic rings. The predicted octanol–water partition coefficient (Wildman–Crippen LogP) is 2.20. The van der Waals surface area contributed by atoms with Gasteiger partial charge in [-0.3, -0.25) is 4.79 Å². The quantitative estimate of drug-likeness (QED) is 0.818. The van der Waals surface area contributed by atoms with Crippen LogP contribution < -0.4 is 15.8 Å². The van der Waals surface area contributed by atoms with Crippen LogP contribution in [0.5, 0.6) is 5.75 Å².